The van der Waals surface area contributed by atoms with Crippen molar-refractivity contribution in [3.8, 4) is 0 Å². The first kappa shape index (κ1) is 54.9. The SMILES string of the molecule is C=C1C[C@@H]2CC[C@@]34C[C@@]5(O)O[C@H]6[C@@H](O3)[C@H]3O[C@H](CC[C@@H]3O[C@H]6[C@H]5O4)CC(=O)O[C@@H]3[C@@H](C)[C@@H]4O[C@@H]5C[C@]6(C[C@@H]7O[C@]8(C[C@H](C)[C@@H]9O[C@H]([C@@H](O)C[C@@H](O)CN)C[C@@H]9O8)C[C@H](C)[C@@H]7O6)O[C@@H]5C[C@@H]4O[C@H]3C[C@H]3O[C@@H](CC[C@@H]1O2)C[C@@H](C)C3=C. The summed E-state index contributed by atoms with van der Waals surface area (Å²) in [4.78, 5) is 14.6. The van der Waals surface area contributed by atoms with E-state index in [4.69, 9.17) is 76.8 Å². The van der Waals surface area contributed by atoms with Gasteiger partial charge in [-0.05, 0) is 73.8 Å². The molecule has 5 N–H and O–H groups in total. The average Bonchev–Trinajstić information content (AvgIpc) is 4.40. The lowest BCUT2D eigenvalue weighted by Crippen LogP contribution is -2.62. The first-order valence-electron chi connectivity index (χ1n) is 31.0. The first-order chi connectivity index (χ1) is 38.3. The first-order valence-corrected chi connectivity index (χ1v) is 31.0. The van der Waals surface area contributed by atoms with Gasteiger partial charge in [0.05, 0.1) is 123 Å². The van der Waals surface area contributed by atoms with Gasteiger partial charge in [0.2, 0.25) is 5.79 Å². The van der Waals surface area contributed by atoms with E-state index in [1.807, 2.05) is 0 Å². The van der Waals surface area contributed by atoms with Crippen molar-refractivity contribution in [1.29, 1.82) is 0 Å². The van der Waals surface area contributed by atoms with E-state index >= 15 is 0 Å². The highest BCUT2D eigenvalue weighted by molar-refractivity contribution is 5.70. The van der Waals surface area contributed by atoms with Gasteiger partial charge >= 0.3 is 5.97 Å². The Balaban J connectivity index is 0.658. The number of esters is 1. The van der Waals surface area contributed by atoms with E-state index in [2.05, 4.69) is 40.9 Å². The van der Waals surface area contributed by atoms with E-state index in [1.54, 1.807) is 0 Å². The molecule has 0 aliphatic carbocycles. The van der Waals surface area contributed by atoms with E-state index in [9.17, 15) is 20.1 Å². The third-order valence-electron chi connectivity index (χ3n) is 22.1. The summed E-state index contributed by atoms with van der Waals surface area (Å²) < 4.78 is 103. The zero-order chi connectivity index (χ0) is 54.9. The Bertz CT molecular complexity index is 2400. The largest absolute Gasteiger partial charge is 0.459 e. The highest BCUT2D eigenvalue weighted by Gasteiger charge is 2.75. The van der Waals surface area contributed by atoms with Crippen molar-refractivity contribution in [2.75, 3.05) is 6.54 Å². The molecular formula is C60H87NO19. The Hall–Kier alpha value is -1.77. The highest BCUT2D eigenvalue weighted by atomic mass is 16.8. The van der Waals surface area contributed by atoms with Crippen LogP contribution in [0.3, 0.4) is 0 Å². The molecule has 0 aromatic carbocycles. The molecule has 446 valence electrons. The summed E-state index contributed by atoms with van der Waals surface area (Å²) in [5.74, 6) is -4.65. The van der Waals surface area contributed by atoms with Crippen LogP contribution < -0.4 is 5.73 Å². The van der Waals surface area contributed by atoms with Gasteiger partial charge in [-0.1, -0.05) is 40.9 Å². The summed E-state index contributed by atoms with van der Waals surface area (Å²) >= 11 is 0. The maximum absolute atomic E-state index is 14.6. The lowest BCUT2D eigenvalue weighted by molar-refractivity contribution is -0.347. The maximum Gasteiger partial charge on any atom is 0.308 e. The molecule has 20 nitrogen and oxygen atoms in total. The average molecular weight is 1130 g/mol. The molecule has 0 unspecified atom stereocenters. The third kappa shape index (κ3) is 9.31. The fourth-order valence-corrected chi connectivity index (χ4v) is 18.3. The topological polar surface area (TPSA) is 242 Å². The van der Waals surface area contributed by atoms with Gasteiger partial charge in [0.1, 0.15) is 36.6 Å². The quantitative estimate of drug-likeness (QED) is 0.228. The zero-order valence-corrected chi connectivity index (χ0v) is 47.0. The molecule has 0 amide bonds. The molecule has 16 fully saturated rings. The van der Waals surface area contributed by atoms with Crippen molar-refractivity contribution in [3.05, 3.63) is 24.3 Å². The van der Waals surface area contributed by atoms with Crippen molar-refractivity contribution in [2.24, 2.45) is 29.4 Å². The Labute approximate surface area is 468 Å². The highest BCUT2D eigenvalue weighted by Crippen LogP contribution is 2.59. The van der Waals surface area contributed by atoms with Crippen molar-refractivity contribution >= 4 is 5.97 Å². The molecule has 80 heavy (non-hydrogen) atoms. The Morgan fingerprint density at radius 1 is 0.562 bits per heavy atom. The van der Waals surface area contributed by atoms with Gasteiger partial charge in [-0.25, -0.2) is 0 Å². The van der Waals surface area contributed by atoms with Crippen molar-refractivity contribution in [1.82, 2.24) is 0 Å². The van der Waals surface area contributed by atoms with Crippen molar-refractivity contribution < 1.29 is 91.2 Å². The van der Waals surface area contributed by atoms with E-state index < -0.39 is 96.4 Å². The van der Waals surface area contributed by atoms with E-state index in [0.29, 0.717) is 70.6 Å². The van der Waals surface area contributed by atoms with Crippen molar-refractivity contribution in [3.63, 3.8) is 0 Å². The second-order valence-electron chi connectivity index (χ2n) is 27.8. The number of hydrogen-bond donors (Lipinski definition) is 4. The van der Waals surface area contributed by atoms with Gasteiger partial charge in [0, 0.05) is 70.3 Å². The molecule has 3 spiro atoms. The molecule has 20 heteroatoms. The smallest absolute Gasteiger partial charge is 0.308 e. The van der Waals surface area contributed by atoms with Crippen LogP contribution in [0.4, 0.5) is 0 Å². The number of nitrogens with two attached hydrogens (primary N) is 1. The van der Waals surface area contributed by atoms with Crippen LogP contribution in [0.5, 0.6) is 0 Å². The van der Waals surface area contributed by atoms with E-state index in [-0.39, 0.29) is 129 Å². The van der Waals surface area contributed by atoms with Crippen LogP contribution in [0.1, 0.15) is 143 Å². The number of aliphatic hydroxyl groups is 3. The van der Waals surface area contributed by atoms with Crippen LogP contribution in [0, 0.1) is 23.7 Å². The summed E-state index contributed by atoms with van der Waals surface area (Å²) in [6, 6.07) is 0. The maximum atomic E-state index is 14.6. The number of aliphatic hydroxyl groups excluding tert-OH is 2. The number of carbonyl (C=O) groups excluding carboxylic acids is 1. The summed E-state index contributed by atoms with van der Waals surface area (Å²) in [5.41, 5.74) is 7.74. The second-order valence-corrected chi connectivity index (χ2v) is 27.8. The molecule has 16 aliphatic rings. The van der Waals surface area contributed by atoms with Crippen LogP contribution in [0.25, 0.3) is 0 Å². The normalized spacial score (nSPS) is 57.6. The zero-order valence-electron chi connectivity index (χ0n) is 47.0. The summed E-state index contributed by atoms with van der Waals surface area (Å²) in [5, 5.41) is 33.1. The van der Waals surface area contributed by atoms with Gasteiger partial charge in [-0.3, -0.25) is 4.79 Å². The minimum atomic E-state index is -1.54. The van der Waals surface area contributed by atoms with Crippen molar-refractivity contribution in [2.45, 2.75) is 313 Å². The van der Waals surface area contributed by atoms with E-state index in [1.165, 1.54) is 0 Å². The molecule has 16 saturated heterocycles. The fraction of sp³-hybridized carbons (Fsp3) is 0.917. The number of hydrogen-bond acceptors (Lipinski definition) is 20. The summed E-state index contributed by atoms with van der Waals surface area (Å²) in [6.45, 7) is 17.9. The minimum absolute atomic E-state index is 0.0190. The second kappa shape index (κ2) is 20.2. The molecule has 16 heterocycles. The number of ether oxygens (including phenoxy) is 15. The Morgan fingerprint density at radius 2 is 1.26 bits per heavy atom. The molecule has 12 bridgehead atoms. The fourth-order valence-electron chi connectivity index (χ4n) is 18.3. The predicted octanol–water partition coefficient (Wildman–Crippen LogP) is 4.21. The molecule has 0 aromatic rings. The number of rotatable bonds is 4. The summed E-state index contributed by atoms with van der Waals surface area (Å²) in [6.07, 6.45) is -0.166. The molecule has 16 rings (SSSR count). The van der Waals surface area contributed by atoms with Crippen LogP contribution in [0.2, 0.25) is 0 Å². The number of carbonyl (C=O) groups is 1. The predicted molar refractivity (Wildman–Crippen MR) is 277 cm³/mol. The Kier molecular flexibility index (Phi) is 13.8. The summed E-state index contributed by atoms with van der Waals surface area (Å²) in [7, 11) is 0. The van der Waals surface area contributed by atoms with Gasteiger partial charge in [-0.15, -0.1) is 0 Å². The van der Waals surface area contributed by atoms with Crippen LogP contribution in [-0.2, 0) is 75.8 Å². The van der Waals surface area contributed by atoms with Gasteiger partial charge in [0.15, 0.2) is 17.4 Å². The standard InChI is InChI=1S/C60H87NO19/c1-26-13-33-7-9-37-27(2)14-35(66-37)11-12-57-25-60(65)56(80-57)55-54(79-60)53(78-57)52-38(70-55)10-8-34(68-52)16-47(64)73-51-31(6)50-43(69-42(51)17-39(67-33)30(26)5)19-41-45(72-50)22-59(74-41)23-46-49(77-59)29(4)21-58(76-46)20-28(3)48-44(75-58)18-40(71-48)36(63)15-32(62)24-61/h26,28-29,31-46,48-56,62-63,65H,2,5,7-25,61H2,1,3-4,6H3/t26-,28+,29+,31+,32-,33+,34-,35+,36+,37+,38+,39-,40+,41-,42+,43+,44+,45-,46+,48+,49+,50+,51-,52+,53+,54+,55-,56-,57-,58-,59+,60-/m1/s1. The lowest BCUT2D eigenvalue weighted by atomic mass is 9.79. The molecule has 32 atom stereocenters. The Morgan fingerprint density at radius 3 is 2.10 bits per heavy atom. The van der Waals surface area contributed by atoms with Gasteiger partial charge < -0.3 is 92.1 Å². The monoisotopic (exact) mass is 1130 g/mol. The van der Waals surface area contributed by atoms with Gasteiger partial charge in [-0.2, -0.15) is 0 Å². The molecule has 0 radical (unpaired) electrons. The number of fused-ring (bicyclic) bond motifs is 10. The van der Waals surface area contributed by atoms with Gasteiger partial charge in [0.25, 0.3) is 0 Å². The van der Waals surface area contributed by atoms with Crippen LogP contribution in [0.15, 0.2) is 24.3 Å². The minimum Gasteiger partial charge on any atom is -0.459 e. The molecular weight excluding hydrogens is 1040 g/mol. The third-order valence-corrected chi connectivity index (χ3v) is 22.1. The lowest BCUT2D eigenvalue weighted by Gasteiger charge is -2.50. The van der Waals surface area contributed by atoms with Crippen LogP contribution in [-0.4, -0.2) is 197 Å². The molecule has 16 aliphatic heterocycles. The van der Waals surface area contributed by atoms with E-state index in [0.717, 1.165) is 36.8 Å². The molecule has 0 aromatic heterocycles. The molecule has 0 saturated carbocycles. The van der Waals surface area contributed by atoms with Crippen LogP contribution >= 0.6 is 0 Å².